The van der Waals surface area contributed by atoms with Crippen LogP contribution in [0.25, 0.3) is 0 Å². The van der Waals surface area contributed by atoms with Gasteiger partial charge in [0, 0.05) is 11.3 Å². The smallest absolute Gasteiger partial charge is 0.0183 e. The van der Waals surface area contributed by atoms with Gasteiger partial charge in [-0.05, 0) is 50.6 Å². The van der Waals surface area contributed by atoms with Gasteiger partial charge in [-0.1, -0.05) is 91.0 Å². The van der Waals surface area contributed by atoms with Crippen molar-refractivity contribution in [3.05, 3.63) is 108 Å². The second kappa shape index (κ2) is 8.16. The molecule has 0 radical (unpaired) electrons. The molecule has 2 atom stereocenters. The van der Waals surface area contributed by atoms with E-state index in [4.69, 9.17) is 0 Å². The Hall–Kier alpha value is -1.95. The molecule has 2 unspecified atom stereocenters. The second-order valence-corrected chi connectivity index (χ2v) is 9.57. The predicted octanol–water partition coefficient (Wildman–Crippen LogP) is 6.66. The minimum Gasteiger partial charge on any atom is -0.298 e. The molecule has 3 aromatic rings. The van der Waals surface area contributed by atoms with Crippen molar-refractivity contribution in [3.63, 3.8) is 0 Å². The Morgan fingerprint density at radius 1 is 0.615 bits per heavy atom. The number of nitrogens with one attached hydrogen (secondary N) is 1. The van der Waals surface area contributed by atoms with Gasteiger partial charge < -0.3 is 0 Å². The molecule has 132 valence electrons. The normalized spacial score (nSPS) is 25.7. The van der Waals surface area contributed by atoms with Gasteiger partial charge in [0.15, 0.2) is 0 Å². The highest BCUT2D eigenvalue weighted by atomic mass is 31.1. The maximum atomic E-state index is 3.74. The Bertz CT molecular complexity index is 754. The van der Waals surface area contributed by atoms with Crippen molar-refractivity contribution >= 4 is 8.07 Å². The fourth-order valence-corrected chi connectivity index (χ4v) is 7.34. The van der Waals surface area contributed by atoms with Crippen molar-refractivity contribution in [2.45, 2.75) is 30.1 Å². The Balaban J connectivity index is 1.74. The molecule has 1 saturated heterocycles. The summed E-state index contributed by atoms with van der Waals surface area (Å²) < 4.78 is 0. The standard InChI is InChI=1S/C24H26NP/c1-25-26-23(20-13-7-3-8-14-20)17-22(19-11-5-2-6-12-19)18-24(26)21-15-9-4-10-16-21/h2-16,22-25H,17-18H2,1H3. The van der Waals surface area contributed by atoms with Crippen LogP contribution in [0.3, 0.4) is 0 Å². The van der Waals surface area contributed by atoms with Crippen LogP contribution in [-0.4, -0.2) is 7.05 Å². The molecule has 1 N–H and O–H groups in total. The van der Waals surface area contributed by atoms with Gasteiger partial charge in [0.05, 0.1) is 0 Å². The lowest BCUT2D eigenvalue weighted by atomic mass is 9.86. The third kappa shape index (κ3) is 3.61. The lowest BCUT2D eigenvalue weighted by molar-refractivity contribution is 0.523. The highest BCUT2D eigenvalue weighted by molar-refractivity contribution is 7.56. The summed E-state index contributed by atoms with van der Waals surface area (Å²) in [6.45, 7) is 0. The highest BCUT2D eigenvalue weighted by Gasteiger charge is 2.38. The van der Waals surface area contributed by atoms with E-state index in [2.05, 4.69) is 103 Å². The molecule has 1 fully saturated rings. The maximum absolute atomic E-state index is 3.74. The van der Waals surface area contributed by atoms with E-state index in [-0.39, 0.29) is 8.07 Å². The van der Waals surface area contributed by atoms with Gasteiger partial charge in [0.2, 0.25) is 0 Å². The molecule has 0 aromatic heterocycles. The Kier molecular flexibility index (Phi) is 5.48. The van der Waals surface area contributed by atoms with Crippen molar-refractivity contribution in [3.8, 4) is 0 Å². The lowest BCUT2D eigenvalue weighted by Gasteiger charge is -2.43. The molecule has 26 heavy (non-hydrogen) atoms. The number of rotatable bonds is 4. The lowest BCUT2D eigenvalue weighted by Crippen LogP contribution is -2.23. The first-order valence-corrected chi connectivity index (χ1v) is 11.0. The fraction of sp³-hybridized carbons (Fsp3) is 0.250. The monoisotopic (exact) mass is 359 g/mol. The van der Waals surface area contributed by atoms with Crippen LogP contribution in [0.1, 0.15) is 46.8 Å². The van der Waals surface area contributed by atoms with Crippen LogP contribution in [0.15, 0.2) is 91.0 Å². The van der Waals surface area contributed by atoms with Crippen molar-refractivity contribution in [2.24, 2.45) is 0 Å². The summed E-state index contributed by atoms with van der Waals surface area (Å²) in [6.07, 6.45) is 2.45. The van der Waals surface area contributed by atoms with E-state index in [1.807, 2.05) is 0 Å². The Morgan fingerprint density at radius 2 is 1.00 bits per heavy atom. The molecular weight excluding hydrogens is 333 g/mol. The highest BCUT2D eigenvalue weighted by Crippen LogP contribution is 2.67. The van der Waals surface area contributed by atoms with Crippen LogP contribution in [0.2, 0.25) is 0 Å². The summed E-state index contributed by atoms with van der Waals surface area (Å²) in [5.74, 6) is 0.610. The zero-order valence-electron chi connectivity index (χ0n) is 15.3. The van der Waals surface area contributed by atoms with Crippen LogP contribution in [0, 0.1) is 0 Å². The molecule has 0 amide bonds. The van der Waals surface area contributed by atoms with E-state index in [0.717, 1.165) is 0 Å². The summed E-state index contributed by atoms with van der Waals surface area (Å²) >= 11 is 0. The molecular formula is C24H26NP. The first kappa shape index (κ1) is 17.5. The Morgan fingerprint density at radius 3 is 1.38 bits per heavy atom. The quantitative estimate of drug-likeness (QED) is 0.513. The molecule has 0 saturated carbocycles. The van der Waals surface area contributed by atoms with Gasteiger partial charge in [-0.3, -0.25) is 5.09 Å². The van der Waals surface area contributed by atoms with Crippen molar-refractivity contribution in [2.75, 3.05) is 7.05 Å². The van der Waals surface area contributed by atoms with Crippen LogP contribution < -0.4 is 5.09 Å². The minimum absolute atomic E-state index is 0.316. The van der Waals surface area contributed by atoms with Crippen LogP contribution >= 0.6 is 8.07 Å². The van der Waals surface area contributed by atoms with E-state index in [9.17, 15) is 0 Å². The van der Waals surface area contributed by atoms with Crippen molar-refractivity contribution in [1.29, 1.82) is 0 Å². The SMILES string of the molecule is CNP1C(c2ccccc2)CC(c2ccccc2)CC1c1ccccc1. The minimum atomic E-state index is -0.316. The molecule has 0 aliphatic carbocycles. The summed E-state index contributed by atoms with van der Waals surface area (Å²) in [4.78, 5) is 0. The molecule has 1 aliphatic rings. The van der Waals surface area contributed by atoms with E-state index in [0.29, 0.717) is 17.2 Å². The largest absolute Gasteiger partial charge is 0.298 e. The summed E-state index contributed by atoms with van der Waals surface area (Å²) in [5, 5.41) is 3.74. The topological polar surface area (TPSA) is 12.0 Å². The van der Waals surface area contributed by atoms with Gasteiger partial charge in [0.1, 0.15) is 0 Å². The predicted molar refractivity (Wildman–Crippen MR) is 113 cm³/mol. The van der Waals surface area contributed by atoms with E-state index < -0.39 is 0 Å². The molecule has 4 rings (SSSR count). The van der Waals surface area contributed by atoms with E-state index in [1.165, 1.54) is 29.5 Å². The number of benzene rings is 3. The summed E-state index contributed by atoms with van der Waals surface area (Å²) in [5.41, 5.74) is 5.62. The summed E-state index contributed by atoms with van der Waals surface area (Å²) in [7, 11) is 1.84. The van der Waals surface area contributed by atoms with Gasteiger partial charge in [-0.25, -0.2) is 0 Å². The number of hydrogen-bond acceptors (Lipinski definition) is 1. The molecule has 0 spiro atoms. The van der Waals surface area contributed by atoms with Gasteiger partial charge >= 0.3 is 0 Å². The third-order valence-electron chi connectivity index (χ3n) is 5.58. The fourth-order valence-electron chi connectivity index (χ4n) is 4.33. The molecule has 1 nitrogen and oxygen atoms in total. The average Bonchev–Trinajstić information content (AvgIpc) is 2.74. The zero-order chi connectivity index (χ0) is 17.8. The number of hydrogen-bond donors (Lipinski definition) is 1. The molecule has 0 bridgehead atoms. The molecule has 2 heteroatoms. The van der Waals surface area contributed by atoms with E-state index >= 15 is 0 Å². The second-order valence-electron chi connectivity index (χ2n) is 7.06. The zero-order valence-corrected chi connectivity index (χ0v) is 16.1. The van der Waals surface area contributed by atoms with Crippen LogP contribution in [0.5, 0.6) is 0 Å². The third-order valence-corrected chi connectivity index (χ3v) is 8.46. The first-order chi connectivity index (χ1) is 12.9. The van der Waals surface area contributed by atoms with Crippen LogP contribution in [-0.2, 0) is 0 Å². The van der Waals surface area contributed by atoms with Crippen molar-refractivity contribution in [1.82, 2.24) is 5.09 Å². The van der Waals surface area contributed by atoms with Crippen LogP contribution in [0.4, 0.5) is 0 Å². The maximum Gasteiger partial charge on any atom is 0.0183 e. The molecule has 3 aromatic carbocycles. The molecule has 1 heterocycles. The van der Waals surface area contributed by atoms with Gasteiger partial charge in [-0.2, -0.15) is 0 Å². The van der Waals surface area contributed by atoms with E-state index in [1.54, 1.807) is 0 Å². The average molecular weight is 359 g/mol. The van der Waals surface area contributed by atoms with Gasteiger partial charge in [0.25, 0.3) is 0 Å². The van der Waals surface area contributed by atoms with Crippen molar-refractivity contribution < 1.29 is 0 Å². The first-order valence-electron chi connectivity index (χ1n) is 9.47. The Labute approximate surface area is 158 Å². The molecule has 1 aliphatic heterocycles. The van der Waals surface area contributed by atoms with Gasteiger partial charge in [-0.15, -0.1) is 0 Å². The summed E-state index contributed by atoms with van der Waals surface area (Å²) in [6, 6.07) is 33.3.